The standard InChI is InChI=1S/C13H14F3N3/c1-17-8-12(10-5-3-2-4-6-10)19-9-11(7-18-19)13(14,15)16/h2-7,9,12,17H,8H2,1H3. The van der Waals surface area contributed by atoms with Gasteiger partial charge in [-0.2, -0.15) is 18.3 Å². The molecule has 1 unspecified atom stereocenters. The molecule has 0 aliphatic rings. The zero-order valence-corrected chi connectivity index (χ0v) is 10.4. The van der Waals surface area contributed by atoms with Crippen molar-refractivity contribution in [3.8, 4) is 0 Å². The number of nitrogens with one attached hydrogen (secondary N) is 1. The molecule has 1 heterocycles. The lowest BCUT2D eigenvalue weighted by Crippen LogP contribution is -2.23. The topological polar surface area (TPSA) is 29.9 Å². The summed E-state index contributed by atoms with van der Waals surface area (Å²) in [5.74, 6) is 0. The van der Waals surface area contributed by atoms with Crippen LogP contribution in [-0.2, 0) is 6.18 Å². The Balaban J connectivity index is 2.32. The summed E-state index contributed by atoms with van der Waals surface area (Å²) in [5.41, 5.74) is 0.179. The largest absolute Gasteiger partial charge is 0.419 e. The fraction of sp³-hybridized carbons (Fsp3) is 0.308. The van der Waals surface area contributed by atoms with Crippen LogP contribution in [0.5, 0.6) is 0 Å². The maximum atomic E-state index is 12.6. The van der Waals surface area contributed by atoms with Crippen molar-refractivity contribution in [2.75, 3.05) is 13.6 Å². The molecule has 0 aliphatic carbocycles. The van der Waals surface area contributed by atoms with Crippen molar-refractivity contribution in [2.45, 2.75) is 12.2 Å². The van der Waals surface area contributed by atoms with Gasteiger partial charge in [-0.05, 0) is 12.6 Å². The number of benzene rings is 1. The number of hydrogen-bond acceptors (Lipinski definition) is 2. The van der Waals surface area contributed by atoms with Crippen LogP contribution in [0, 0.1) is 0 Å². The fourth-order valence-electron chi connectivity index (χ4n) is 1.89. The normalized spacial score (nSPS) is 13.5. The summed E-state index contributed by atoms with van der Waals surface area (Å²) >= 11 is 0. The molecular formula is C13H14F3N3. The first-order valence-corrected chi connectivity index (χ1v) is 5.83. The molecule has 0 amide bonds. The van der Waals surface area contributed by atoms with E-state index < -0.39 is 11.7 Å². The Bertz CT molecular complexity index is 519. The Hall–Kier alpha value is -1.82. The van der Waals surface area contributed by atoms with Crippen LogP contribution in [0.3, 0.4) is 0 Å². The zero-order valence-electron chi connectivity index (χ0n) is 10.4. The third-order valence-corrected chi connectivity index (χ3v) is 2.83. The second-order valence-electron chi connectivity index (χ2n) is 4.19. The van der Waals surface area contributed by atoms with Crippen LogP contribution in [0.25, 0.3) is 0 Å². The van der Waals surface area contributed by atoms with Gasteiger partial charge >= 0.3 is 6.18 Å². The molecule has 1 aromatic carbocycles. The van der Waals surface area contributed by atoms with E-state index >= 15 is 0 Å². The molecule has 2 aromatic rings. The number of rotatable bonds is 4. The van der Waals surface area contributed by atoms with Gasteiger partial charge in [0.25, 0.3) is 0 Å². The van der Waals surface area contributed by atoms with E-state index in [0.717, 1.165) is 18.0 Å². The minimum Gasteiger partial charge on any atom is -0.317 e. The highest BCUT2D eigenvalue weighted by atomic mass is 19.4. The quantitative estimate of drug-likeness (QED) is 0.925. The van der Waals surface area contributed by atoms with Crippen LogP contribution in [0.4, 0.5) is 13.2 Å². The molecule has 1 atom stereocenters. The minimum absolute atomic E-state index is 0.262. The van der Waals surface area contributed by atoms with Gasteiger partial charge in [0, 0.05) is 12.7 Å². The van der Waals surface area contributed by atoms with Crippen LogP contribution in [0.2, 0.25) is 0 Å². The van der Waals surface area contributed by atoms with E-state index in [1.165, 1.54) is 4.68 Å². The van der Waals surface area contributed by atoms with E-state index in [1.54, 1.807) is 7.05 Å². The first kappa shape index (κ1) is 13.6. The van der Waals surface area contributed by atoms with Gasteiger partial charge in [0.15, 0.2) is 0 Å². The lowest BCUT2D eigenvalue weighted by atomic mass is 10.1. The molecule has 102 valence electrons. The number of likely N-dealkylation sites (N-methyl/N-ethyl adjacent to an activating group) is 1. The Kier molecular flexibility index (Phi) is 3.90. The molecule has 6 heteroatoms. The highest BCUT2D eigenvalue weighted by molar-refractivity contribution is 5.21. The van der Waals surface area contributed by atoms with Gasteiger partial charge in [-0.1, -0.05) is 30.3 Å². The van der Waals surface area contributed by atoms with Gasteiger partial charge in [0.2, 0.25) is 0 Å². The third kappa shape index (κ3) is 3.14. The lowest BCUT2D eigenvalue weighted by Gasteiger charge is -2.17. The van der Waals surface area contributed by atoms with Crippen molar-refractivity contribution in [1.82, 2.24) is 15.1 Å². The number of hydrogen-bond donors (Lipinski definition) is 1. The molecule has 2 rings (SSSR count). The van der Waals surface area contributed by atoms with Gasteiger partial charge in [-0.3, -0.25) is 4.68 Å². The summed E-state index contributed by atoms with van der Waals surface area (Å²) in [4.78, 5) is 0. The predicted octanol–water partition coefficient (Wildman–Crippen LogP) is 2.71. The molecule has 0 spiro atoms. The molecule has 1 aromatic heterocycles. The van der Waals surface area contributed by atoms with E-state index in [9.17, 15) is 13.2 Å². The molecule has 0 fully saturated rings. The second kappa shape index (κ2) is 5.44. The Morgan fingerprint density at radius 2 is 1.95 bits per heavy atom. The summed E-state index contributed by atoms with van der Waals surface area (Å²) < 4.78 is 39.1. The van der Waals surface area contributed by atoms with E-state index in [2.05, 4.69) is 10.4 Å². The SMILES string of the molecule is CNCC(c1ccccc1)n1cc(C(F)(F)F)cn1. The smallest absolute Gasteiger partial charge is 0.317 e. The van der Waals surface area contributed by atoms with E-state index in [1.807, 2.05) is 30.3 Å². The predicted molar refractivity (Wildman–Crippen MR) is 65.7 cm³/mol. The van der Waals surface area contributed by atoms with Gasteiger partial charge in [0.1, 0.15) is 0 Å². The van der Waals surface area contributed by atoms with Crippen molar-refractivity contribution in [2.24, 2.45) is 0 Å². The zero-order chi connectivity index (χ0) is 13.9. The molecule has 0 aliphatic heterocycles. The van der Waals surface area contributed by atoms with Crippen molar-refractivity contribution >= 4 is 0 Å². The number of alkyl halides is 3. The first-order chi connectivity index (χ1) is 9.02. The van der Waals surface area contributed by atoms with Gasteiger partial charge in [0.05, 0.1) is 17.8 Å². The van der Waals surface area contributed by atoms with Crippen LogP contribution >= 0.6 is 0 Å². The molecule has 0 saturated heterocycles. The van der Waals surface area contributed by atoms with Crippen LogP contribution < -0.4 is 5.32 Å². The molecule has 0 bridgehead atoms. The molecule has 1 N–H and O–H groups in total. The van der Waals surface area contributed by atoms with Crippen LogP contribution in [-0.4, -0.2) is 23.4 Å². The fourth-order valence-corrected chi connectivity index (χ4v) is 1.89. The summed E-state index contributed by atoms with van der Waals surface area (Å²) in [5, 5.41) is 6.81. The summed E-state index contributed by atoms with van der Waals surface area (Å²) in [7, 11) is 1.75. The summed E-state index contributed by atoms with van der Waals surface area (Å²) in [6.45, 7) is 0.503. The van der Waals surface area contributed by atoms with Crippen LogP contribution in [0.15, 0.2) is 42.7 Å². The number of nitrogens with zero attached hydrogens (tertiary/aromatic N) is 2. The van der Waals surface area contributed by atoms with E-state index in [-0.39, 0.29) is 6.04 Å². The van der Waals surface area contributed by atoms with Crippen molar-refractivity contribution in [3.05, 3.63) is 53.9 Å². The van der Waals surface area contributed by atoms with E-state index in [0.29, 0.717) is 6.54 Å². The highest BCUT2D eigenvalue weighted by Gasteiger charge is 2.32. The molecule has 0 saturated carbocycles. The Morgan fingerprint density at radius 1 is 1.26 bits per heavy atom. The molecule has 3 nitrogen and oxygen atoms in total. The first-order valence-electron chi connectivity index (χ1n) is 5.83. The number of aromatic nitrogens is 2. The maximum Gasteiger partial charge on any atom is 0.419 e. The van der Waals surface area contributed by atoms with Crippen molar-refractivity contribution in [1.29, 1.82) is 0 Å². The van der Waals surface area contributed by atoms with Crippen LogP contribution in [0.1, 0.15) is 17.2 Å². The van der Waals surface area contributed by atoms with Crippen molar-refractivity contribution in [3.63, 3.8) is 0 Å². The lowest BCUT2D eigenvalue weighted by molar-refractivity contribution is -0.137. The molecular weight excluding hydrogens is 255 g/mol. The Morgan fingerprint density at radius 3 is 2.47 bits per heavy atom. The van der Waals surface area contributed by atoms with Gasteiger partial charge < -0.3 is 5.32 Å². The molecule has 0 radical (unpaired) electrons. The second-order valence-corrected chi connectivity index (χ2v) is 4.19. The van der Waals surface area contributed by atoms with Gasteiger partial charge in [-0.25, -0.2) is 0 Å². The number of halogens is 3. The average Bonchev–Trinajstić information content (AvgIpc) is 2.86. The third-order valence-electron chi connectivity index (χ3n) is 2.83. The van der Waals surface area contributed by atoms with Gasteiger partial charge in [-0.15, -0.1) is 0 Å². The highest BCUT2D eigenvalue weighted by Crippen LogP contribution is 2.29. The van der Waals surface area contributed by atoms with E-state index in [4.69, 9.17) is 0 Å². The monoisotopic (exact) mass is 269 g/mol. The Labute approximate surface area is 109 Å². The average molecular weight is 269 g/mol. The summed E-state index contributed by atoms with van der Waals surface area (Å²) in [6, 6.07) is 9.05. The minimum atomic E-state index is -4.36. The maximum absolute atomic E-state index is 12.6. The summed E-state index contributed by atoms with van der Waals surface area (Å²) in [6.07, 6.45) is -2.47. The van der Waals surface area contributed by atoms with Crippen molar-refractivity contribution < 1.29 is 13.2 Å². The molecule has 19 heavy (non-hydrogen) atoms.